The lowest BCUT2D eigenvalue weighted by atomic mass is 10.0. The van der Waals surface area contributed by atoms with Crippen LogP contribution < -0.4 is 0 Å². The van der Waals surface area contributed by atoms with Crippen molar-refractivity contribution in [3.8, 4) is 0 Å². The van der Waals surface area contributed by atoms with Gasteiger partial charge in [0.25, 0.3) is 0 Å². The quantitative estimate of drug-likeness (QED) is 0.508. The molecule has 1 radical (unpaired) electrons. The topological polar surface area (TPSA) is 19.9 Å². The molecule has 0 aromatic rings. The van der Waals surface area contributed by atoms with Crippen molar-refractivity contribution in [1.82, 2.24) is 0 Å². The van der Waals surface area contributed by atoms with E-state index >= 15 is 0 Å². The van der Waals surface area contributed by atoms with E-state index in [0.29, 0.717) is 0 Å². The minimum atomic E-state index is -6.13. The molecule has 8 heteroatoms. The molecule has 0 N–H and O–H groups in total. The first-order valence-corrected chi connectivity index (χ1v) is 3.14. The lowest BCUT2D eigenvalue weighted by Gasteiger charge is -2.26. The number of hydrogen-bond acceptors (Lipinski definition) is 0. The van der Waals surface area contributed by atoms with Gasteiger partial charge in [0.1, 0.15) is 6.61 Å². The van der Waals surface area contributed by atoms with E-state index in [1.165, 1.54) is 0 Å². The Morgan fingerprint density at radius 3 is 1.43 bits per heavy atom. The minimum absolute atomic E-state index is 0.0685. The Morgan fingerprint density at radius 1 is 0.857 bits per heavy atom. The van der Waals surface area contributed by atoms with Crippen LogP contribution in [0.2, 0.25) is 0 Å². The van der Waals surface area contributed by atoms with Gasteiger partial charge in [-0.2, -0.15) is 26.3 Å². The highest BCUT2D eigenvalue weighted by Crippen LogP contribution is 2.46. The van der Waals surface area contributed by atoms with Gasteiger partial charge in [-0.1, -0.05) is 6.08 Å². The SMILES string of the molecule is [O]CC=CC(F)(C(F)(F)F)C(F)(F)F. The van der Waals surface area contributed by atoms with Gasteiger partial charge in [0.05, 0.1) is 0 Å². The van der Waals surface area contributed by atoms with Crippen LogP contribution in [-0.2, 0) is 5.11 Å². The van der Waals surface area contributed by atoms with Gasteiger partial charge in [-0.05, 0) is 6.08 Å². The summed E-state index contributed by atoms with van der Waals surface area (Å²) in [6.45, 7) is -1.36. The summed E-state index contributed by atoms with van der Waals surface area (Å²) in [5.41, 5.74) is -5.45. The molecule has 0 saturated heterocycles. The van der Waals surface area contributed by atoms with Crippen LogP contribution >= 0.6 is 0 Å². The van der Waals surface area contributed by atoms with E-state index in [9.17, 15) is 35.8 Å². The first kappa shape index (κ1) is 13.2. The number of hydrogen-bond donors (Lipinski definition) is 0. The molecule has 0 aliphatic heterocycles. The van der Waals surface area contributed by atoms with E-state index in [0.717, 1.165) is 0 Å². The van der Waals surface area contributed by atoms with Gasteiger partial charge < -0.3 is 0 Å². The maximum Gasteiger partial charge on any atom is 0.435 e. The summed E-state index contributed by atoms with van der Waals surface area (Å²) >= 11 is 0. The lowest BCUT2D eigenvalue weighted by Crippen LogP contribution is -2.51. The summed E-state index contributed by atoms with van der Waals surface area (Å²) in [5, 5.41) is 9.64. The van der Waals surface area contributed by atoms with Gasteiger partial charge in [0, 0.05) is 0 Å². The van der Waals surface area contributed by atoms with Crippen molar-refractivity contribution in [3.63, 3.8) is 0 Å². The molecule has 0 spiro atoms. The van der Waals surface area contributed by atoms with Crippen LogP contribution in [0.1, 0.15) is 0 Å². The molecule has 0 heterocycles. The summed E-state index contributed by atoms with van der Waals surface area (Å²) < 4.78 is 82.6. The minimum Gasteiger partial charge on any atom is -0.232 e. The molecule has 0 rings (SSSR count). The van der Waals surface area contributed by atoms with Gasteiger partial charge in [-0.25, -0.2) is 9.50 Å². The molecule has 1 nitrogen and oxygen atoms in total. The third-order valence-electron chi connectivity index (χ3n) is 1.27. The summed E-state index contributed by atoms with van der Waals surface area (Å²) in [6, 6.07) is 0. The first-order valence-electron chi connectivity index (χ1n) is 3.14. The highest BCUT2D eigenvalue weighted by molar-refractivity contribution is 5.10. The second-order valence-corrected chi connectivity index (χ2v) is 2.28. The fourth-order valence-corrected chi connectivity index (χ4v) is 0.560. The molecular weight excluding hydrogens is 221 g/mol. The summed E-state index contributed by atoms with van der Waals surface area (Å²) in [5.74, 6) is 0. The van der Waals surface area contributed by atoms with Gasteiger partial charge >= 0.3 is 18.0 Å². The Hall–Kier alpha value is -0.790. The number of halogens is 7. The normalized spacial score (nSPS) is 15.1. The van der Waals surface area contributed by atoms with Crippen molar-refractivity contribution in [2.75, 3.05) is 6.61 Å². The Balaban J connectivity index is 5.18. The Labute approximate surface area is 73.8 Å². The second kappa shape index (κ2) is 3.76. The molecule has 83 valence electrons. The molecule has 0 aromatic heterocycles. The Kier molecular flexibility index (Phi) is 3.54. The van der Waals surface area contributed by atoms with Crippen LogP contribution in [0.5, 0.6) is 0 Å². The van der Waals surface area contributed by atoms with Crippen LogP contribution in [0.15, 0.2) is 12.2 Å². The van der Waals surface area contributed by atoms with Gasteiger partial charge in [0.2, 0.25) is 0 Å². The van der Waals surface area contributed by atoms with E-state index < -0.39 is 30.7 Å². The van der Waals surface area contributed by atoms with Crippen LogP contribution in [0.4, 0.5) is 30.7 Å². The number of alkyl halides is 7. The van der Waals surface area contributed by atoms with Crippen molar-refractivity contribution in [2.24, 2.45) is 0 Å². The van der Waals surface area contributed by atoms with Gasteiger partial charge in [0.15, 0.2) is 0 Å². The average molecular weight is 225 g/mol. The second-order valence-electron chi connectivity index (χ2n) is 2.28. The van der Waals surface area contributed by atoms with Crippen LogP contribution in [0.25, 0.3) is 0 Å². The molecule has 0 saturated carbocycles. The molecule has 0 bridgehead atoms. The van der Waals surface area contributed by atoms with Crippen molar-refractivity contribution in [3.05, 3.63) is 12.2 Å². The van der Waals surface area contributed by atoms with Gasteiger partial charge in [-0.3, -0.25) is 0 Å². The predicted octanol–water partition coefficient (Wildman–Crippen LogP) is 2.81. The smallest absolute Gasteiger partial charge is 0.232 e. The third kappa shape index (κ3) is 2.37. The zero-order valence-corrected chi connectivity index (χ0v) is 6.42. The highest BCUT2D eigenvalue weighted by atomic mass is 19.4. The van der Waals surface area contributed by atoms with E-state index in [1.54, 1.807) is 0 Å². The molecule has 0 unspecified atom stereocenters. The largest absolute Gasteiger partial charge is 0.435 e. The maximum absolute atomic E-state index is 12.5. The van der Waals surface area contributed by atoms with Crippen LogP contribution in [-0.4, -0.2) is 24.6 Å². The number of rotatable bonds is 2. The van der Waals surface area contributed by atoms with E-state index in [1.807, 2.05) is 0 Å². The Bertz CT molecular complexity index is 199. The molecule has 0 aliphatic rings. The lowest BCUT2D eigenvalue weighted by molar-refractivity contribution is -0.322. The van der Waals surface area contributed by atoms with Crippen molar-refractivity contribution >= 4 is 0 Å². The molecule has 0 amide bonds. The molecule has 14 heavy (non-hydrogen) atoms. The third-order valence-corrected chi connectivity index (χ3v) is 1.27. The van der Waals surface area contributed by atoms with Crippen LogP contribution in [0, 0.1) is 0 Å². The standard InChI is InChI=1S/C6H4F7O/c7-4(2-1-3-14,5(8,9)10)6(11,12)13/h1-2H,3H2. The summed E-state index contributed by atoms with van der Waals surface area (Å²) in [6.07, 6.45) is -13.1. The fraction of sp³-hybridized carbons (Fsp3) is 0.667. The van der Waals surface area contributed by atoms with Gasteiger partial charge in [-0.15, -0.1) is 0 Å². The summed E-state index contributed by atoms with van der Waals surface area (Å²) in [4.78, 5) is 0. The van der Waals surface area contributed by atoms with E-state index in [4.69, 9.17) is 0 Å². The maximum atomic E-state index is 12.5. The Morgan fingerprint density at radius 2 is 1.21 bits per heavy atom. The summed E-state index contributed by atoms with van der Waals surface area (Å²) in [7, 11) is 0. The average Bonchev–Trinajstić information content (AvgIpc) is 1.95. The molecule has 0 aromatic carbocycles. The number of allylic oxidation sites excluding steroid dienone is 1. The van der Waals surface area contributed by atoms with Crippen LogP contribution in [0.3, 0.4) is 0 Å². The first-order chi connectivity index (χ1) is 6.06. The zero-order chi connectivity index (χ0) is 11.6. The molecular formula is C6H4F7O. The molecule has 0 fully saturated rings. The monoisotopic (exact) mass is 225 g/mol. The molecule has 0 aliphatic carbocycles. The van der Waals surface area contributed by atoms with Crippen molar-refractivity contribution < 1.29 is 35.8 Å². The molecule has 0 atom stereocenters. The fourth-order valence-electron chi connectivity index (χ4n) is 0.560. The van der Waals surface area contributed by atoms with E-state index in [-0.39, 0.29) is 6.08 Å². The van der Waals surface area contributed by atoms with Crippen molar-refractivity contribution in [1.29, 1.82) is 0 Å². The predicted molar refractivity (Wildman–Crippen MR) is 30.6 cm³/mol. The highest BCUT2D eigenvalue weighted by Gasteiger charge is 2.71. The van der Waals surface area contributed by atoms with E-state index in [2.05, 4.69) is 0 Å². The zero-order valence-electron chi connectivity index (χ0n) is 6.42. The van der Waals surface area contributed by atoms with Crippen molar-refractivity contribution in [2.45, 2.75) is 18.0 Å².